The van der Waals surface area contributed by atoms with E-state index in [-0.39, 0.29) is 19.1 Å². The predicted octanol–water partition coefficient (Wildman–Crippen LogP) is 3.65. The number of likely N-dealkylation sites (N-methyl/N-ethyl adjacent to an activating group) is 1. The van der Waals surface area contributed by atoms with Gasteiger partial charge in [0.25, 0.3) is 5.91 Å². The highest BCUT2D eigenvalue weighted by Gasteiger charge is 2.18. The molecule has 0 radical (unpaired) electrons. The van der Waals surface area contributed by atoms with E-state index in [0.717, 1.165) is 24.2 Å². The van der Waals surface area contributed by atoms with Crippen molar-refractivity contribution in [3.05, 3.63) is 65.5 Å². The molecule has 0 saturated heterocycles. The maximum absolute atomic E-state index is 12.5. The number of amides is 1. The number of aromatic nitrogens is 2. The van der Waals surface area contributed by atoms with Crippen molar-refractivity contribution < 1.29 is 14.1 Å². The highest BCUT2D eigenvalue weighted by atomic mass is 16.5. The van der Waals surface area contributed by atoms with Crippen LogP contribution in [0.4, 0.5) is 0 Å². The number of carbonyl (C=O) groups is 1. The number of nitrogens with zero attached hydrogens (tertiary/aromatic N) is 3. The lowest BCUT2D eigenvalue weighted by Crippen LogP contribution is -2.31. The fourth-order valence-electron chi connectivity index (χ4n) is 3.45. The molecule has 1 aliphatic rings. The third-order valence-corrected chi connectivity index (χ3v) is 5.00. The van der Waals surface area contributed by atoms with Gasteiger partial charge >= 0.3 is 0 Å². The first-order valence-corrected chi connectivity index (χ1v) is 9.56. The molecule has 0 fully saturated rings. The highest BCUT2D eigenvalue weighted by molar-refractivity contribution is 5.77. The molecule has 6 heteroatoms. The molecule has 0 bridgehead atoms. The summed E-state index contributed by atoms with van der Waals surface area (Å²) in [7, 11) is 1.71. The molecular formula is C22H23N3O3. The fraction of sp³-hybridized carbons (Fsp3) is 0.318. The lowest BCUT2D eigenvalue weighted by atomic mass is 9.91. The molecular weight excluding hydrogens is 354 g/mol. The number of benzene rings is 2. The van der Waals surface area contributed by atoms with E-state index >= 15 is 0 Å². The molecule has 0 spiro atoms. The maximum Gasteiger partial charge on any atom is 0.260 e. The summed E-state index contributed by atoms with van der Waals surface area (Å²) < 4.78 is 11.1. The maximum atomic E-state index is 12.5. The highest BCUT2D eigenvalue weighted by Crippen LogP contribution is 2.29. The van der Waals surface area contributed by atoms with Crippen molar-refractivity contribution >= 4 is 5.91 Å². The van der Waals surface area contributed by atoms with E-state index in [1.807, 2.05) is 42.5 Å². The second-order valence-electron chi connectivity index (χ2n) is 7.02. The van der Waals surface area contributed by atoms with Crippen molar-refractivity contribution in [2.75, 3.05) is 13.7 Å². The van der Waals surface area contributed by atoms with Gasteiger partial charge in [0.1, 0.15) is 5.75 Å². The van der Waals surface area contributed by atoms with Crippen molar-refractivity contribution in [3.8, 4) is 17.1 Å². The average molecular weight is 377 g/mol. The first-order chi connectivity index (χ1) is 13.7. The Morgan fingerprint density at radius 2 is 1.93 bits per heavy atom. The molecule has 0 atom stereocenters. The minimum absolute atomic E-state index is 0.00731. The van der Waals surface area contributed by atoms with Gasteiger partial charge in [-0.15, -0.1) is 0 Å². The second kappa shape index (κ2) is 8.25. The van der Waals surface area contributed by atoms with Crippen LogP contribution in [0.5, 0.6) is 5.75 Å². The Bertz CT molecular complexity index is 953. The summed E-state index contributed by atoms with van der Waals surface area (Å²) in [5.74, 6) is 1.60. The van der Waals surface area contributed by atoms with Crippen LogP contribution in [-0.4, -0.2) is 34.6 Å². The van der Waals surface area contributed by atoms with Gasteiger partial charge < -0.3 is 14.2 Å². The zero-order valence-electron chi connectivity index (χ0n) is 15.9. The third kappa shape index (κ3) is 4.06. The number of aryl methyl sites for hydroxylation is 1. The lowest BCUT2D eigenvalue weighted by Gasteiger charge is -2.20. The topological polar surface area (TPSA) is 68.5 Å². The zero-order valence-corrected chi connectivity index (χ0v) is 15.9. The van der Waals surface area contributed by atoms with Crippen LogP contribution in [0, 0.1) is 0 Å². The summed E-state index contributed by atoms with van der Waals surface area (Å²) >= 11 is 0. The number of hydrogen-bond acceptors (Lipinski definition) is 5. The summed E-state index contributed by atoms with van der Waals surface area (Å²) in [6, 6.07) is 15.7. The van der Waals surface area contributed by atoms with Crippen molar-refractivity contribution in [1.82, 2.24) is 15.0 Å². The summed E-state index contributed by atoms with van der Waals surface area (Å²) in [6.45, 7) is 0.238. The number of ether oxygens (including phenoxy) is 1. The standard InChI is InChI=1S/C22H23N3O3/c1-25(14-20-23-22(24-28-20)17-9-3-2-4-10-17)21(26)15-27-19-13-7-11-16-8-5-6-12-18(16)19/h2-4,7,9-11,13H,5-6,8,12,14-15H2,1H3. The third-order valence-electron chi connectivity index (χ3n) is 5.00. The smallest absolute Gasteiger partial charge is 0.260 e. The van der Waals surface area contributed by atoms with E-state index in [4.69, 9.17) is 9.26 Å². The Balaban J connectivity index is 1.35. The van der Waals surface area contributed by atoms with E-state index in [9.17, 15) is 4.79 Å². The van der Waals surface area contributed by atoms with Crippen molar-refractivity contribution in [2.45, 2.75) is 32.2 Å². The number of hydrogen-bond donors (Lipinski definition) is 0. The quantitative estimate of drug-likeness (QED) is 0.656. The van der Waals surface area contributed by atoms with Crippen molar-refractivity contribution in [3.63, 3.8) is 0 Å². The summed E-state index contributed by atoms with van der Waals surface area (Å²) in [4.78, 5) is 18.4. The first-order valence-electron chi connectivity index (χ1n) is 9.56. The van der Waals surface area contributed by atoms with Gasteiger partial charge in [-0.05, 0) is 42.9 Å². The lowest BCUT2D eigenvalue weighted by molar-refractivity contribution is -0.132. The minimum Gasteiger partial charge on any atom is -0.483 e. The SMILES string of the molecule is CN(Cc1nc(-c2ccccc2)no1)C(=O)COc1cccc2c1CCCC2. The van der Waals surface area contributed by atoms with E-state index in [1.54, 1.807) is 7.05 Å². The fourth-order valence-corrected chi connectivity index (χ4v) is 3.45. The van der Waals surface area contributed by atoms with E-state index in [0.29, 0.717) is 11.7 Å². The molecule has 0 aliphatic heterocycles. The average Bonchev–Trinajstić information content (AvgIpc) is 3.21. The second-order valence-corrected chi connectivity index (χ2v) is 7.02. The van der Waals surface area contributed by atoms with Crippen LogP contribution in [-0.2, 0) is 24.2 Å². The van der Waals surface area contributed by atoms with Gasteiger partial charge in [-0.2, -0.15) is 4.98 Å². The molecule has 0 unspecified atom stereocenters. The van der Waals surface area contributed by atoms with Gasteiger partial charge in [-0.25, -0.2) is 0 Å². The Morgan fingerprint density at radius 1 is 1.11 bits per heavy atom. The van der Waals surface area contributed by atoms with Gasteiger partial charge in [0.05, 0.1) is 6.54 Å². The van der Waals surface area contributed by atoms with Crippen LogP contribution in [0.15, 0.2) is 53.1 Å². The largest absolute Gasteiger partial charge is 0.483 e. The first kappa shape index (κ1) is 18.2. The number of carbonyl (C=O) groups excluding carboxylic acids is 1. The molecule has 0 saturated carbocycles. The van der Waals surface area contributed by atoms with Crippen LogP contribution < -0.4 is 4.74 Å². The normalized spacial score (nSPS) is 13.0. The molecule has 28 heavy (non-hydrogen) atoms. The van der Waals surface area contributed by atoms with Crippen LogP contribution in [0.3, 0.4) is 0 Å². The summed E-state index contributed by atoms with van der Waals surface area (Å²) in [6.07, 6.45) is 4.48. The van der Waals surface area contributed by atoms with Gasteiger partial charge in [-0.1, -0.05) is 47.6 Å². The Labute approximate surface area is 164 Å². The predicted molar refractivity (Wildman–Crippen MR) is 105 cm³/mol. The Kier molecular flexibility index (Phi) is 5.37. The van der Waals surface area contributed by atoms with E-state index in [2.05, 4.69) is 16.2 Å². The molecule has 1 amide bonds. The number of rotatable bonds is 6. The molecule has 6 nitrogen and oxygen atoms in total. The molecule has 144 valence electrons. The van der Waals surface area contributed by atoms with Gasteiger partial charge in [-0.3, -0.25) is 4.79 Å². The van der Waals surface area contributed by atoms with Crippen LogP contribution in [0.25, 0.3) is 11.4 Å². The van der Waals surface area contributed by atoms with Crippen LogP contribution in [0.1, 0.15) is 29.9 Å². The van der Waals surface area contributed by atoms with Crippen LogP contribution in [0.2, 0.25) is 0 Å². The summed E-state index contributed by atoms with van der Waals surface area (Å²) in [5, 5.41) is 3.99. The van der Waals surface area contributed by atoms with Crippen molar-refractivity contribution in [1.29, 1.82) is 0 Å². The Hall–Kier alpha value is -3.15. The molecule has 0 N–H and O–H groups in total. The Morgan fingerprint density at radius 3 is 2.79 bits per heavy atom. The molecule has 4 rings (SSSR count). The van der Waals surface area contributed by atoms with Crippen molar-refractivity contribution in [2.24, 2.45) is 0 Å². The molecule has 2 aromatic carbocycles. The zero-order chi connectivity index (χ0) is 19.3. The van der Waals surface area contributed by atoms with E-state index < -0.39 is 0 Å². The van der Waals surface area contributed by atoms with E-state index in [1.165, 1.54) is 28.9 Å². The molecule has 3 aromatic rings. The molecule has 1 heterocycles. The van der Waals surface area contributed by atoms with Gasteiger partial charge in [0.2, 0.25) is 11.7 Å². The number of fused-ring (bicyclic) bond motifs is 1. The summed E-state index contributed by atoms with van der Waals surface area (Å²) in [5.41, 5.74) is 3.46. The van der Waals surface area contributed by atoms with Gasteiger partial charge in [0, 0.05) is 12.6 Å². The van der Waals surface area contributed by atoms with Gasteiger partial charge in [0.15, 0.2) is 6.61 Å². The van der Waals surface area contributed by atoms with Crippen LogP contribution >= 0.6 is 0 Å². The monoisotopic (exact) mass is 377 g/mol. The molecule has 1 aliphatic carbocycles. The molecule has 1 aromatic heterocycles. The minimum atomic E-state index is -0.132.